The Bertz CT molecular complexity index is 656. The first-order chi connectivity index (χ1) is 9.40. The molecule has 1 rings (SSSR count). The van der Waals surface area contributed by atoms with Gasteiger partial charge in [0.2, 0.25) is 5.91 Å². The molecule has 20 heavy (non-hydrogen) atoms. The van der Waals surface area contributed by atoms with E-state index in [9.17, 15) is 13.2 Å². The average Bonchev–Trinajstić information content (AvgIpc) is 2.39. The first kappa shape index (κ1) is 15.7. The Kier molecular flexibility index (Phi) is 5.28. The summed E-state index contributed by atoms with van der Waals surface area (Å²) in [5.74, 6) is -0.567. The minimum atomic E-state index is -3.67. The maximum atomic E-state index is 12.1. The van der Waals surface area contributed by atoms with Gasteiger partial charge in [-0.15, -0.1) is 0 Å². The third kappa shape index (κ3) is 4.10. The number of carbonyl (C=O) groups is 1. The van der Waals surface area contributed by atoms with E-state index in [0.717, 1.165) is 0 Å². The molecule has 0 aliphatic carbocycles. The van der Waals surface area contributed by atoms with E-state index in [1.165, 1.54) is 48.6 Å². The summed E-state index contributed by atoms with van der Waals surface area (Å²) in [5, 5.41) is 0. The Morgan fingerprint density at radius 3 is 2.35 bits per heavy atom. The number of hydrogen-bond acceptors (Lipinski definition) is 3. The van der Waals surface area contributed by atoms with Gasteiger partial charge in [0.15, 0.2) is 0 Å². The molecule has 0 spiro atoms. The van der Waals surface area contributed by atoms with Gasteiger partial charge in [0, 0.05) is 11.3 Å². The van der Waals surface area contributed by atoms with Crippen LogP contribution >= 0.6 is 0 Å². The lowest BCUT2D eigenvalue weighted by molar-refractivity contribution is 0.100. The fraction of sp³-hybridized carbons (Fsp3) is 0.0714. The largest absolute Gasteiger partial charge is 0.366 e. The van der Waals surface area contributed by atoms with Crippen molar-refractivity contribution in [2.45, 2.75) is 6.92 Å². The Morgan fingerprint density at radius 2 is 1.90 bits per heavy atom. The van der Waals surface area contributed by atoms with Gasteiger partial charge in [-0.05, 0) is 37.3 Å². The molecule has 0 aromatic heterocycles. The number of benzene rings is 1. The predicted molar refractivity (Wildman–Crippen MR) is 80.6 cm³/mol. The maximum Gasteiger partial charge on any atom is 0.261 e. The molecule has 1 amide bonds. The van der Waals surface area contributed by atoms with Crippen molar-refractivity contribution in [3.8, 4) is 0 Å². The number of allylic oxidation sites excluding steroid dienone is 4. The number of carbonyl (C=O) groups excluding carboxylic acids is 1. The van der Waals surface area contributed by atoms with Crippen LogP contribution in [0.3, 0.4) is 0 Å². The number of rotatable bonds is 6. The highest BCUT2D eigenvalue weighted by Crippen LogP contribution is 2.16. The lowest BCUT2D eigenvalue weighted by Crippen LogP contribution is -2.14. The van der Waals surface area contributed by atoms with Gasteiger partial charge in [0.05, 0.1) is 4.91 Å². The molecule has 5 nitrogen and oxygen atoms in total. The van der Waals surface area contributed by atoms with Crippen LogP contribution in [0.5, 0.6) is 0 Å². The summed E-state index contributed by atoms with van der Waals surface area (Å²) >= 11 is 0. The van der Waals surface area contributed by atoms with E-state index >= 15 is 0 Å². The van der Waals surface area contributed by atoms with Crippen molar-refractivity contribution in [1.29, 1.82) is 0 Å². The molecular weight excluding hydrogens is 276 g/mol. The summed E-state index contributed by atoms with van der Waals surface area (Å²) in [6.45, 7) is 5.11. The maximum absolute atomic E-state index is 12.1. The zero-order chi connectivity index (χ0) is 15.2. The molecule has 0 radical (unpaired) electrons. The number of anilines is 1. The summed E-state index contributed by atoms with van der Waals surface area (Å²) in [6.07, 6.45) is 5.93. The van der Waals surface area contributed by atoms with E-state index in [0.29, 0.717) is 11.3 Å². The molecule has 3 N–H and O–H groups in total. The van der Waals surface area contributed by atoms with Gasteiger partial charge < -0.3 is 5.73 Å². The van der Waals surface area contributed by atoms with Crippen LogP contribution in [0.25, 0.3) is 0 Å². The van der Waals surface area contributed by atoms with Crippen molar-refractivity contribution in [3.05, 3.63) is 65.6 Å². The van der Waals surface area contributed by atoms with Gasteiger partial charge in [0.25, 0.3) is 10.0 Å². The van der Waals surface area contributed by atoms with Crippen molar-refractivity contribution in [2.24, 2.45) is 5.73 Å². The van der Waals surface area contributed by atoms with Crippen LogP contribution in [-0.4, -0.2) is 14.3 Å². The second-order valence-electron chi connectivity index (χ2n) is 3.83. The lowest BCUT2D eigenvalue weighted by Gasteiger charge is -2.08. The second-order valence-corrected chi connectivity index (χ2v) is 5.52. The average molecular weight is 292 g/mol. The third-order valence-corrected chi connectivity index (χ3v) is 3.91. The zero-order valence-electron chi connectivity index (χ0n) is 11.0. The van der Waals surface area contributed by atoms with E-state index in [4.69, 9.17) is 5.73 Å². The standard InChI is InChI=1S/C14H16N2O3S/c1-3-5-6-13(4-2)20(18,19)16-12-9-7-11(8-10-12)14(15)17/h3-10,16H,1H2,2H3,(H2,15,17)/b6-5-,13-4+. The Morgan fingerprint density at radius 1 is 1.30 bits per heavy atom. The molecule has 0 fully saturated rings. The predicted octanol–water partition coefficient (Wildman–Crippen LogP) is 2.17. The van der Waals surface area contributed by atoms with Crippen LogP contribution in [0.15, 0.2) is 60.1 Å². The molecule has 0 atom stereocenters. The van der Waals surface area contributed by atoms with E-state index < -0.39 is 15.9 Å². The Balaban J connectivity index is 2.98. The molecule has 0 saturated carbocycles. The summed E-state index contributed by atoms with van der Waals surface area (Å²) in [5.41, 5.74) is 5.77. The number of amides is 1. The molecule has 0 unspecified atom stereocenters. The highest BCUT2D eigenvalue weighted by atomic mass is 32.2. The molecule has 1 aromatic rings. The van der Waals surface area contributed by atoms with Crippen LogP contribution < -0.4 is 10.5 Å². The number of nitrogens with two attached hydrogens (primary N) is 1. The summed E-state index contributed by atoms with van der Waals surface area (Å²) < 4.78 is 26.6. The molecule has 1 aromatic carbocycles. The number of hydrogen-bond donors (Lipinski definition) is 2. The lowest BCUT2D eigenvalue weighted by atomic mass is 10.2. The van der Waals surface area contributed by atoms with Crippen LogP contribution in [0, 0.1) is 0 Å². The summed E-state index contributed by atoms with van der Waals surface area (Å²) in [4.78, 5) is 11.0. The fourth-order valence-electron chi connectivity index (χ4n) is 1.42. The zero-order valence-corrected chi connectivity index (χ0v) is 11.9. The van der Waals surface area contributed by atoms with E-state index in [1.807, 2.05) is 0 Å². The highest BCUT2D eigenvalue weighted by Gasteiger charge is 2.14. The fourth-order valence-corrected chi connectivity index (χ4v) is 2.55. The van der Waals surface area contributed by atoms with Crippen molar-refractivity contribution >= 4 is 21.6 Å². The van der Waals surface area contributed by atoms with Crippen LogP contribution in [0.2, 0.25) is 0 Å². The van der Waals surface area contributed by atoms with E-state index in [2.05, 4.69) is 11.3 Å². The number of primary amides is 1. The monoisotopic (exact) mass is 292 g/mol. The highest BCUT2D eigenvalue weighted by molar-refractivity contribution is 7.96. The van der Waals surface area contributed by atoms with Crippen molar-refractivity contribution in [1.82, 2.24) is 0 Å². The third-order valence-electron chi connectivity index (χ3n) is 2.41. The molecule has 0 heterocycles. The van der Waals surface area contributed by atoms with Gasteiger partial charge in [-0.25, -0.2) is 8.42 Å². The van der Waals surface area contributed by atoms with Crippen LogP contribution in [0.1, 0.15) is 17.3 Å². The first-order valence-electron chi connectivity index (χ1n) is 5.79. The van der Waals surface area contributed by atoms with Gasteiger partial charge in [0.1, 0.15) is 0 Å². The van der Waals surface area contributed by atoms with Crippen molar-refractivity contribution in [3.63, 3.8) is 0 Å². The smallest absolute Gasteiger partial charge is 0.261 e. The van der Waals surface area contributed by atoms with Gasteiger partial charge in [-0.3, -0.25) is 9.52 Å². The molecule has 0 aliphatic rings. The van der Waals surface area contributed by atoms with Crippen molar-refractivity contribution < 1.29 is 13.2 Å². The van der Waals surface area contributed by atoms with Gasteiger partial charge in [-0.1, -0.05) is 24.8 Å². The van der Waals surface area contributed by atoms with Gasteiger partial charge in [-0.2, -0.15) is 0 Å². The summed E-state index contributed by atoms with van der Waals surface area (Å²) in [6, 6.07) is 5.86. The quantitative estimate of drug-likeness (QED) is 0.787. The topological polar surface area (TPSA) is 89.3 Å². The van der Waals surface area contributed by atoms with Gasteiger partial charge >= 0.3 is 0 Å². The van der Waals surface area contributed by atoms with Crippen LogP contribution in [-0.2, 0) is 10.0 Å². The molecule has 0 aliphatic heterocycles. The Hall–Kier alpha value is -2.34. The minimum Gasteiger partial charge on any atom is -0.366 e. The normalized spacial score (nSPS) is 12.3. The van der Waals surface area contributed by atoms with Crippen LogP contribution in [0.4, 0.5) is 5.69 Å². The molecular formula is C14H16N2O3S. The number of sulfonamides is 1. The Labute approximate surface area is 118 Å². The molecule has 106 valence electrons. The molecule has 6 heteroatoms. The van der Waals surface area contributed by atoms with E-state index in [1.54, 1.807) is 6.92 Å². The number of nitrogens with one attached hydrogen (secondary N) is 1. The SMILES string of the molecule is C=C/C=C\C(=C/C)S(=O)(=O)Nc1ccc(C(N)=O)cc1. The first-order valence-corrected chi connectivity index (χ1v) is 7.27. The molecule has 0 saturated heterocycles. The minimum absolute atomic E-state index is 0.122. The van der Waals surface area contributed by atoms with Crippen molar-refractivity contribution in [2.75, 3.05) is 4.72 Å². The van der Waals surface area contributed by atoms with E-state index in [-0.39, 0.29) is 4.91 Å². The summed E-state index contributed by atoms with van der Waals surface area (Å²) in [7, 11) is -3.67. The second kappa shape index (κ2) is 6.72. The molecule has 0 bridgehead atoms.